The molecule has 82 valence electrons. The van der Waals surface area contributed by atoms with Crippen LogP contribution < -0.4 is 10.0 Å². The van der Waals surface area contributed by atoms with Gasteiger partial charge in [0.05, 0.1) is 5.88 Å². The predicted molar refractivity (Wildman–Crippen MR) is 72.6 cm³/mol. The Kier molecular flexibility index (Phi) is 4.14. The molecule has 2 aromatic carbocycles. The number of benzene rings is 2. The van der Waals surface area contributed by atoms with Gasteiger partial charge in [-0.25, -0.2) is 0 Å². The lowest BCUT2D eigenvalue weighted by Gasteiger charge is -2.07. The van der Waals surface area contributed by atoms with Crippen LogP contribution in [0.1, 0.15) is 0 Å². The zero-order valence-corrected chi connectivity index (χ0v) is 9.71. The second kappa shape index (κ2) is 6.08. The fourth-order valence-corrected chi connectivity index (χ4v) is 1.91. The van der Waals surface area contributed by atoms with Crippen LogP contribution in [0, 0.1) is 0 Å². The molecule has 0 aliphatic rings. The van der Waals surface area contributed by atoms with Gasteiger partial charge in [0.1, 0.15) is 0 Å². The Labute approximate surface area is 100 Å². The average molecular weight is 230 g/mol. The van der Waals surface area contributed by atoms with E-state index in [0.29, 0.717) is 0 Å². The quantitative estimate of drug-likeness (QED) is 0.464. The van der Waals surface area contributed by atoms with Crippen molar-refractivity contribution in [1.29, 1.82) is 0 Å². The molecule has 0 saturated carbocycles. The molecule has 0 amide bonds. The highest BCUT2D eigenvalue weighted by Gasteiger charge is 1.91. The van der Waals surface area contributed by atoms with E-state index in [1.54, 1.807) is 11.9 Å². The van der Waals surface area contributed by atoms with Crippen molar-refractivity contribution in [3.8, 4) is 0 Å². The van der Waals surface area contributed by atoms with E-state index in [1.165, 1.54) is 0 Å². The minimum absolute atomic E-state index is 0.832. The van der Waals surface area contributed by atoms with Gasteiger partial charge in [-0.15, -0.1) is 0 Å². The summed E-state index contributed by atoms with van der Waals surface area (Å²) in [6, 6.07) is 20.3. The average Bonchev–Trinajstić information content (AvgIpc) is 2.37. The molecule has 2 aromatic rings. The number of rotatable bonds is 5. The molecule has 0 aliphatic carbocycles. The van der Waals surface area contributed by atoms with Crippen LogP contribution in [0.5, 0.6) is 0 Å². The molecule has 0 saturated heterocycles. The monoisotopic (exact) mass is 230 g/mol. The molecule has 16 heavy (non-hydrogen) atoms. The third-order valence-corrected chi connectivity index (χ3v) is 2.75. The van der Waals surface area contributed by atoms with Crippen molar-refractivity contribution in [2.24, 2.45) is 0 Å². The van der Waals surface area contributed by atoms with Crippen LogP contribution in [0.3, 0.4) is 0 Å². The van der Waals surface area contributed by atoms with Crippen LogP contribution >= 0.6 is 11.9 Å². The SMILES string of the molecule is c1ccc(NCSNc2ccccc2)cc1. The molecular weight excluding hydrogens is 216 g/mol. The molecule has 0 aromatic heterocycles. The van der Waals surface area contributed by atoms with Crippen molar-refractivity contribution in [2.45, 2.75) is 0 Å². The van der Waals surface area contributed by atoms with Crippen molar-refractivity contribution in [3.05, 3.63) is 60.7 Å². The molecule has 0 fully saturated rings. The summed E-state index contributed by atoms with van der Waals surface area (Å²) in [5, 5.41) is 3.32. The molecule has 0 heterocycles. The van der Waals surface area contributed by atoms with E-state index in [1.807, 2.05) is 36.4 Å². The van der Waals surface area contributed by atoms with Gasteiger partial charge in [-0.3, -0.25) is 0 Å². The minimum atomic E-state index is 0.832. The van der Waals surface area contributed by atoms with E-state index in [0.717, 1.165) is 17.3 Å². The molecule has 2 nitrogen and oxygen atoms in total. The first-order chi connectivity index (χ1) is 7.95. The van der Waals surface area contributed by atoms with Crippen molar-refractivity contribution >= 4 is 23.3 Å². The van der Waals surface area contributed by atoms with Gasteiger partial charge in [-0.1, -0.05) is 36.4 Å². The summed E-state index contributed by atoms with van der Waals surface area (Å²) in [5.74, 6) is 0.832. The van der Waals surface area contributed by atoms with Crippen molar-refractivity contribution in [2.75, 3.05) is 15.9 Å². The Bertz CT molecular complexity index is 361. The lowest BCUT2D eigenvalue weighted by atomic mass is 10.3. The highest BCUT2D eigenvalue weighted by molar-refractivity contribution is 8.00. The maximum Gasteiger partial charge on any atom is 0.0808 e. The van der Waals surface area contributed by atoms with Gasteiger partial charge >= 0.3 is 0 Å². The van der Waals surface area contributed by atoms with Crippen LogP contribution in [0.4, 0.5) is 11.4 Å². The summed E-state index contributed by atoms with van der Waals surface area (Å²) in [7, 11) is 0. The van der Waals surface area contributed by atoms with Crippen LogP contribution in [-0.2, 0) is 0 Å². The van der Waals surface area contributed by atoms with Gasteiger partial charge in [0.25, 0.3) is 0 Å². The normalized spacial score (nSPS) is 9.75. The number of para-hydroxylation sites is 2. The first-order valence-electron chi connectivity index (χ1n) is 5.17. The topological polar surface area (TPSA) is 24.1 Å². The molecule has 0 unspecified atom stereocenters. The van der Waals surface area contributed by atoms with Gasteiger partial charge in [0.15, 0.2) is 0 Å². The summed E-state index contributed by atoms with van der Waals surface area (Å²) in [6.07, 6.45) is 0. The van der Waals surface area contributed by atoms with Crippen LogP contribution in [-0.4, -0.2) is 5.88 Å². The van der Waals surface area contributed by atoms with E-state index in [2.05, 4.69) is 34.3 Å². The summed E-state index contributed by atoms with van der Waals surface area (Å²) >= 11 is 1.64. The van der Waals surface area contributed by atoms with Crippen molar-refractivity contribution in [3.63, 3.8) is 0 Å². The molecule has 0 spiro atoms. The standard InChI is InChI=1S/C13H14N2S/c1-3-7-12(8-4-1)14-11-16-15-13-9-5-2-6-10-13/h1-10,14-15H,11H2. The summed E-state index contributed by atoms with van der Waals surface area (Å²) < 4.78 is 3.27. The zero-order chi connectivity index (χ0) is 11.1. The lowest BCUT2D eigenvalue weighted by molar-refractivity contribution is 1.46. The smallest absolute Gasteiger partial charge is 0.0808 e. The Morgan fingerprint density at radius 2 is 1.31 bits per heavy atom. The summed E-state index contributed by atoms with van der Waals surface area (Å²) in [4.78, 5) is 0. The third-order valence-electron chi connectivity index (χ3n) is 2.09. The van der Waals surface area contributed by atoms with Gasteiger partial charge in [0.2, 0.25) is 0 Å². The van der Waals surface area contributed by atoms with Crippen LogP contribution in [0.2, 0.25) is 0 Å². The van der Waals surface area contributed by atoms with Gasteiger partial charge in [-0.2, -0.15) is 0 Å². The molecule has 2 N–H and O–H groups in total. The molecule has 0 bridgehead atoms. The maximum atomic E-state index is 3.32. The second-order valence-corrected chi connectivity index (χ2v) is 4.08. The predicted octanol–water partition coefficient (Wildman–Crippen LogP) is 3.82. The van der Waals surface area contributed by atoms with Gasteiger partial charge < -0.3 is 10.0 Å². The van der Waals surface area contributed by atoms with Crippen molar-refractivity contribution < 1.29 is 0 Å². The highest BCUT2D eigenvalue weighted by Crippen LogP contribution is 2.12. The Morgan fingerprint density at radius 1 is 0.750 bits per heavy atom. The Balaban J connectivity index is 1.70. The third kappa shape index (κ3) is 3.51. The Morgan fingerprint density at radius 3 is 1.94 bits per heavy atom. The molecular formula is C13H14N2S. The number of nitrogens with one attached hydrogen (secondary N) is 2. The molecule has 2 rings (SSSR count). The largest absolute Gasteiger partial charge is 0.374 e. The van der Waals surface area contributed by atoms with Crippen molar-refractivity contribution in [1.82, 2.24) is 0 Å². The Hall–Kier alpha value is -1.61. The number of hydrogen-bond donors (Lipinski definition) is 2. The van der Waals surface area contributed by atoms with Crippen LogP contribution in [0.15, 0.2) is 60.7 Å². The number of hydrogen-bond acceptors (Lipinski definition) is 3. The molecule has 0 atom stereocenters. The van der Waals surface area contributed by atoms with E-state index >= 15 is 0 Å². The first-order valence-corrected chi connectivity index (χ1v) is 6.15. The van der Waals surface area contributed by atoms with Crippen LogP contribution in [0.25, 0.3) is 0 Å². The second-order valence-electron chi connectivity index (χ2n) is 3.30. The highest BCUT2D eigenvalue weighted by atomic mass is 32.2. The lowest BCUT2D eigenvalue weighted by Crippen LogP contribution is -2.00. The van der Waals surface area contributed by atoms with Gasteiger partial charge in [-0.05, 0) is 36.2 Å². The minimum Gasteiger partial charge on any atom is -0.374 e. The molecule has 0 radical (unpaired) electrons. The zero-order valence-electron chi connectivity index (χ0n) is 8.89. The maximum absolute atomic E-state index is 3.32. The first kappa shape index (κ1) is 10.9. The van der Waals surface area contributed by atoms with E-state index in [9.17, 15) is 0 Å². The number of anilines is 2. The van der Waals surface area contributed by atoms with E-state index < -0.39 is 0 Å². The van der Waals surface area contributed by atoms with E-state index in [-0.39, 0.29) is 0 Å². The fraction of sp³-hybridized carbons (Fsp3) is 0.0769. The summed E-state index contributed by atoms with van der Waals surface area (Å²) in [6.45, 7) is 0. The molecule has 0 aliphatic heterocycles. The van der Waals surface area contributed by atoms with E-state index in [4.69, 9.17) is 0 Å². The fourth-order valence-electron chi connectivity index (χ4n) is 1.30. The molecule has 3 heteroatoms. The van der Waals surface area contributed by atoms with Gasteiger partial charge in [0, 0.05) is 11.4 Å². The summed E-state index contributed by atoms with van der Waals surface area (Å²) in [5.41, 5.74) is 2.27.